The third-order valence-electron chi connectivity index (χ3n) is 2.43. The molecule has 1 fully saturated rings. The van der Waals surface area contributed by atoms with Gasteiger partial charge in [-0.3, -0.25) is 4.79 Å². The molecule has 2 heterocycles. The number of nitrogens with one attached hydrogen (secondary N) is 2. The second-order valence-corrected chi connectivity index (χ2v) is 3.80. The van der Waals surface area contributed by atoms with Gasteiger partial charge in [-0.05, 0) is 6.92 Å². The summed E-state index contributed by atoms with van der Waals surface area (Å²) < 4.78 is 10.3. The first-order chi connectivity index (χ1) is 8.29. The Morgan fingerprint density at radius 1 is 1.65 bits per heavy atom. The van der Waals surface area contributed by atoms with E-state index in [-0.39, 0.29) is 17.8 Å². The van der Waals surface area contributed by atoms with Crippen LogP contribution in [-0.4, -0.2) is 48.4 Å². The van der Waals surface area contributed by atoms with E-state index in [1.165, 1.54) is 0 Å². The van der Waals surface area contributed by atoms with Crippen LogP contribution in [0.4, 0.5) is 0 Å². The summed E-state index contributed by atoms with van der Waals surface area (Å²) in [7, 11) is 0. The van der Waals surface area contributed by atoms with Gasteiger partial charge in [0.2, 0.25) is 5.89 Å². The lowest BCUT2D eigenvalue weighted by atomic mass is 10.2. The zero-order chi connectivity index (χ0) is 12.1. The molecule has 0 aromatic carbocycles. The van der Waals surface area contributed by atoms with Crippen LogP contribution < -0.4 is 10.6 Å². The highest BCUT2D eigenvalue weighted by Gasteiger charge is 2.19. The van der Waals surface area contributed by atoms with Crippen LogP contribution >= 0.6 is 0 Å². The molecule has 1 atom stereocenters. The lowest BCUT2D eigenvalue weighted by Gasteiger charge is -2.22. The number of hydrogen-bond acceptors (Lipinski definition) is 6. The first-order valence-electron chi connectivity index (χ1n) is 5.71. The van der Waals surface area contributed by atoms with E-state index in [0.29, 0.717) is 25.5 Å². The summed E-state index contributed by atoms with van der Waals surface area (Å²) in [4.78, 5) is 15.5. The smallest absolute Gasteiger partial charge is 0.292 e. The summed E-state index contributed by atoms with van der Waals surface area (Å²) in [6, 6.07) is 0.172. The zero-order valence-corrected chi connectivity index (χ0v) is 9.73. The van der Waals surface area contributed by atoms with Crippen molar-refractivity contribution < 1.29 is 14.1 Å². The number of ether oxygens (including phenoxy) is 1. The van der Waals surface area contributed by atoms with Crippen LogP contribution in [0.25, 0.3) is 0 Å². The van der Waals surface area contributed by atoms with Crippen LogP contribution in [0.2, 0.25) is 0 Å². The Bertz CT molecular complexity index is 373. The van der Waals surface area contributed by atoms with Gasteiger partial charge < -0.3 is 19.9 Å². The normalized spacial score (nSPS) is 20.2. The number of rotatable bonds is 4. The summed E-state index contributed by atoms with van der Waals surface area (Å²) in [5, 5.41) is 9.53. The van der Waals surface area contributed by atoms with Crippen LogP contribution in [0.1, 0.15) is 23.4 Å². The topological polar surface area (TPSA) is 89.3 Å². The predicted octanol–water partition coefficient (Wildman–Crippen LogP) is -0.650. The number of aromatic nitrogens is 2. The van der Waals surface area contributed by atoms with Gasteiger partial charge in [0.1, 0.15) is 0 Å². The lowest BCUT2D eigenvalue weighted by Crippen LogP contribution is -2.42. The van der Waals surface area contributed by atoms with Gasteiger partial charge in [0, 0.05) is 25.6 Å². The minimum absolute atomic E-state index is 0.0820. The van der Waals surface area contributed by atoms with Gasteiger partial charge in [-0.15, -0.1) is 0 Å². The molecule has 1 aliphatic heterocycles. The summed E-state index contributed by atoms with van der Waals surface area (Å²) in [6.45, 7) is 4.55. The van der Waals surface area contributed by atoms with Gasteiger partial charge in [-0.2, -0.15) is 4.98 Å². The summed E-state index contributed by atoms with van der Waals surface area (Å²) in [5.74, 6) is 0.225. The van der Waals surface area contributed by atoms with E-state index in [9.17, 15) is 4.79 Å². The van der Waals surface area contributed by atoms with Crippen molar-refractivity contribution in [3.05, 3.63) is 11.7 Å². The van der Waals surface area contributed by atoms with Gasteiger partial charge >= 0.3 is 0 Å². The standard InChI is InChI=1S/C10H16N4O3/c1-2-11-10(15)9-13-8(17-14-9)5-7-6-16-4-3-12-7/h7,12H,2-6H2,1H3,(H,11,15). The molecule has 1 saturated heterocycles. The molecule has 1 amide bonds. The Morgan fingerprint density at radius 3 is 3.24 bits per heavy atom. The third-order valence-corrected chi connectivity index (χ3v) is 2.43. The minimum atomic E-state index is -0.310. The molecule has 2 N–H and O–H groups in total. The van der Waals surface area contributed by atoms with Crippen molar-refractivity contribution >= 4 is 5.91 Å². The molecule has 17 heavy (non-hydrogen) atoms. The van der Waals surface area contributed by atoms with Crippen LogP contribution in [-0.2, 0) is 11.2 Å². The van der Waals surface area contributed by atoms with Crippen molar-refractivity contribution in [2.24, 2.45) is 0 Å². The molecule has 2 rings (SSSR count). The van der Waals surface area contributed by atoms with Gasteiger partial charge in [-0.1, -0.05) is 5.16 Å². The molecule has 1 aromatic heterocycles. The Morgan fingerprint density at radius 2 is 2.53 bits per heavy atom. The average Bonchev–Trinajstić information content (AvgIpc) is 2.79. The summed E-state index contributed by atoms with van der Waals surface area (Å²) in [5.41, 5.74) is 0. The maximum atomic E-state index is 11.4. The third kappa shape index (κ3) is 3.24. The molecular weight excluding hydrogens is 224 g/mol. The lowest BCUT2D eigenvalue weighted by molar-refractivity contribution is 0.0744. The molecule has 0 radical (unpaired) electrons. The molecule has 1 aromatic rings. The van der Waals surface area contributed by atoms with E-state index in [0.717, 1.165) is 13.2 Å². The van der Waals surface area contributed by atoms with Gasteiger partial charge in [0.25, 0.3) is 11.7 Å². The van der Waals surface area contributed by atoms with Crippen molar-refractivity contribution in [1.82, 2.24) is 20.8 Å². The molecule has 1 unspecified atom stereocenters. The van der Waals surface area contributed by atoms with E-state index >= 15 is 0 Å². The Kier molecular flexibility index (Phi) is 4.05. The number of carbonyl (C=O) groups is 1. The summed E-state index contributed by atoms with van der Waals surface area (Å²) >= 11 is 0. The van der Waals surface area contributed by atoms with Crippen LogP contribution in [0, 0.1) is 0 Å². The van der Waals surface area contributed by atoms with Crippen LogP contribution in [0.3, 0.4) is 0 Å². The average molecular weight is 240 g/mol. The molecule has 7 nitrogen and oxygen atoms in total. The fraction of sp³-hybridized carbons (Fsp3) is 0.700. The SMILES string of the molecule is CCNC(=O)c1noc(CC2COCCN2)n1. The Balaban J connectivity index is 1.91. The van der Waals surface area contributed by atoms with E-state index < -0.39 is 0 Å². The number of amides is 1. The fourth-order valence-corrected chi connectivity index (χ4v) is 1.63. The van der Waals surface area contributed by atoms with E-state index in [4.69, 9.17) is 9.26 Å². The minimum Gasteiger partial charge on any atom is -0.378 e. The predicted molar refractivity (Wildman–Crippen MR) is 58.6 cm³/mol. The number of hydrogen-bond donors (Lipinski definition) is 2. The highest BCUT2D eigenvalue weighted by atomic mass is 16.5. The van der Waals surface area contributed by atoms with Crippen molar-refractivity contribution in [3.8, 4) is 0 Å². The first-order valence-corrected chi connectivity index (χ1v) is 5.71. The molecule has 0 bridgehead atoms. The van der Waals surface area contributed by atoms with Crippen molar-refractivity contribution in [2.45, 2.75) is 19.4 Å². The first kappa shape index (κ1) is 12.0. The van der Waals surface area contributed by atoms with Gasteiger partial charge in [0.15, 0.2) is 0 Å². The van der Waals surface area contributed by atoms with Crippen LogP contribution in [0.5, 0.6) is 0 Å². The highest BCUT2D eigenvalue weighted by molar-refractivity contribution is 5.90. The molecule has 1 aliphatic rings. The largest absolute Gasteiger partial charge is 0.378 e. The number of nitrogens with zero attached hydrogens (tertiary/aromatic N) is 2. The van der Waals surface area contributed by atoms with Gasteiger partial charge in [-0.25, -0.2) is 0 Å². The molecular formula is C10H16N4O3. The number of carbonyl (C=O) groups excluding carboxylic acids is 1. The van der Waals surface area contributed by atoms with Crippen molar-refractivity contribution in [1.29, 1.82) is 0 Å². The molecule has 0 aliphatic carbocycles. The Labute approximate surface area is 98.9 Å². The second kappa shape index (κ2) is 5.74. The molecule has 0 saturated carbocycles. The van der Waals surface area contributed by atoms with Crippen molar-refractivity contribution in [2.75, 3.05) is 26.3 Å². The number of morpholine rings is 1. The molecule has 0 spiro atoms. The maximum Gasteiger partial charge on any atom is 0.292 e. The van der Waals surface area contributed by atoms with E-state index in [1.807, 2.05) is 6.92 Å². The molecule has 94 valence electrons. The van der Waals surface area contributed by atoms with E-state index in [2.05, 4.69) is 20.8 Å². The van der Waals surface area contributed by atoms with Crippen molar-refractivity contribution in [3.63, 3.8) is 0 Å². The maximum absolute atomic E-state index is 11.4. The monoisotopic (exact) mass is 240 g/mol. The highest BCUT2D eigenvalue weighted by Crippen LogP contribution is 2.04. The van der Waals surface area contributed by atoms with E-state index in [1.54, 1.807) is 0 Å². The van der Waals surface area contributed by atoms with Gasteiger partial charge in [0.05, 0.1) is 13.2 Å². The second-order valence-electron chi connectivity index (χ2n) is 3.80. The quantitative estimate of drug-likeness (QED) is 0.727. The summed E-state index contributed by atoms with van der Waals surface area (Å²) in [6.07, 6.45) is 0.576. The Hall–Kier alpha value is -1.47. The zero-order valence-electron chi connectivity index (χ0n) is 9.73. The van der Waals surface area contributed by atoms with Crippen LogP contribution in [0.15, 0.2) is 4.52 Å². The molecule has 7 heteroatoms. The fourth-order valence-electron chi connectivity index (χ4n) is 1.63.